The first kappa shape index (κ1) is 18.6. The lowest BCUT2D eigenvalue weighted by Crippen LogP contribution is -2.27. The second kappa shape index (κ2) is 8.10. The molecule has 6 nitrogen and oxygen atoms in total. The normalized spacial score (nSPS) is 10.8. The fraction of sp³-hybridized carbons (Fsp3) is 0.136. The molecule has 0 aliphatic carbocycles. The average molecular weight is 390 g/mol. The second-order valence-corrected chi connectivity index (χ2v) is 6.60. The molecule has 1 amide bonds. The summed E-state index contributed by atoms with van der Waals surface area (Å²) in [6.45, 7) is 2.53. The van der Waals surface area contributed by atoms with E-state index in [1.807, 2.05) is 53.2 Å². The largest absolute Gasteiger partial charge is 0.350 e. The van der Waals surface area contributed by atoms with Gasteiger partial charge in [0.2, 0.25) is 5.82 Å². The molecule has 0 unspecified atom stereocenters. The van der Waals surface area contributed by atoms with E-state index in [0.717, 1.165) is 11.3 Å². The molecule has 0 aliphatic heterocycles. The maximum absolute atomic E-state index is 13.6. The lowest BCUT2D eigenvalue weighted by Gasteiger charge is -2.09. The van der Waals surface area contributed by atoms with E-state index < -0.39 is 5.82 Å². The first-order valence-corrected chi connectivity index (χ1v) is 9.21. The van der Waals surface area contributed by atoms with Crippen molar-refractivity contribution < 1.29 is 13.7 Å². The maximum Gasteiger partial charge on any atom is 0.274 e. The fourth-order valence-electron chi connectivity index (χ4n) is 2.96. The van der Waals surface area contributed by atoms with Crippen LogP contribution in [0.1, 0.15) is 15.9 Å². The first-order valence-electron chi connectivity index (χ1n) is 9.21. The van der Waals surface area contributed by atoms with Crippen LogP contribution in [0.15, 0.2) is 71.4 Å². The summed E-state index contributed by atoms with van der Waals surface area (Å²) in [4.78, 5) is 16.7. The molecule has 0 atom stereocenters. The molecule has 0 radical (unpaired) electrons. The van der Waals surface area contributed by atoms with Crippen molar-refractivity contribution in [1.29, 1.82) is 0 Å². The van der Waals surface area contributed by atoms with Gasteiger partial charge in [0, 0.05) is 30.4 Å². The number of hydrogen-bond acceptors (Lipinski definition) is 4. The Balaban J connectivity index is 1.42. The van der Waals surface area contributed by atoms with Gasteiger partial charge in [0.25, 0.3) is 11.8 Å². The number of nitrogens with zero attached hydrogens (tertiary/aromatic N) is 3. The van der Waals surface area contributed by atoms with E-state index in [1.165, 1.54) is 6.07 Å². The van der Waals surface area contributed by atoms with Crippen molar-refractivity contribution in [1.82, 2.24) is 20.0 Å². The molecule has 0 fully saturated rings. The number of aryl methyl sites for hydroxylation is 1. The summed E-state index contributed by atoms with van der Waals surface area (Å²) in [6.07, 6.45) is 1.87. The lowest BCUT2D eigenvalue weighted by molar-refractivity contribution is 0.0952. The highest BCUT2D eigenvalue weighted by Gasteiger charge is 2.14. The Morgan fingerprint density at radius 3 is 2.76 bits per heavy atom. The van der Waals surface area contributed by atoms with E-state index >= 15 is 0 Å². The van der Waals surface area contributed by atoms with Gasteiger partial charge in [0.1, 0.15) is 11.5 Å². The number of halogens is 1. The van der Waals surface area contributed by atoms with Gasteiger partial charge in [-0.2, -0.15) is 4.98 Å². The molecule has 2 aromatic carbocycles. The summed E-state index contributed by atoms with van der Waals surface area (Å²) < 4.78 is 21.0. The zero-order chi connectivity index (χ0) is 20.2. The van der Waals surface area contributed by atoms with E-state index in [-0.39, 0.29) is 5.91 Å². The van der Waals surface area contributed by atoms with Gasteiger partial charge < -0.3 is 14.4 Å². The lowest BCUT2D eigenvalue weighted by atomic mass is 10.1. The van der Waals surface area contributed by atoms with E-state index in [9.17, 15) is 9.18 Å². The van der Waals surface area contributed by atoms with Crippen LogP contribution in [0.5, 0.6) is 0 Å². The third kappa shape index (κ3) is 4.08. The summed E-state index contributed by atoms with van der Waals surface area (Å²) in [5, 5.41) is 6.84. The van der Waals surface area contributed by atoms with Crippen molar-refractivity contribution in [2.24, 2.45) is 0 Å². The van der Waals surface area contributed by atoms with Crippen molar-refractivity contribution >= 4 is 5.91 Å². The van der Waals surface area contributed by atoms with Crippen LogP contribution in [0.4, 0.5) is 4.39 Å². The molecule has 2 heterocycles. The summed E-state index contributed by atoms with van der Waals surface area (Å²) in [5.74, 6) is 0.210. The quantitative estimate of drug-likeness (QED) is 0.538. The molecule has 4 rings (SSSR count). The van der Waals surface area contributed by atoms with Crippen molar-refractivity contribution in [3.63, 3.8) is 0 Å². The van der Waals surface area contributed by atoms with Crippen molar-refractivity contribution in [3.8, 4) is 23.0 Å². The van der Waals surface area contributed by atoms with Gasteiger partial charge in [-0.3, -0.25) is 4.79 Å². The first-order chi connectivity index (χ1) is 14.1. The van der Waals surface area contributed by atoms with Crippen LogP contribution in [-0.4, -0.2) is 27.2 Å². The minimum absolute atomic E-state index is 0.297. The molecule has 7 heteroatoms. The molecule has 1 N–H and O–H groups in total. The van der Waals surface area contributed by atoms with E-state index in [1.54, 1.807) is 19.1 Å². The summed E-state index contributed by atoms with van der Waals surface area (Å²) in [5.41, 5.74) is 2.44. The monoisotopic (exact) mass is 390 g/mol. The van der Waals surface area contributed by atoms with E-state index in [0.29, 0.717) is 35.9 Å². The molecule has 0 bridgehead atoms. The Morgan fingerprint density at radius 1 is 1.14 bits per heavy atom. The van der Waals surface area contributed by atoms with Crippen LogP contribution in [0.3, 0.4) is 0 Å². The Bertz CT molecular complexity index is 1130. The summed E-state index contributed by atoms with van der Waals surface area (Å²) in [7, 11) is 0. The predicted molar refractivity (Wildman–Crippen MR) is 107 cm³/mol. The molecule has 0 saturated heterocycles. The maximum atomic E-state index is 13.6. The number of amides is 1. The van der Waals surface area contributed by atoms with Gasteiger partial charge in [0.05, 0.1) is 0 Å². The van der Waals surface area contributed by atoms with Gasteiger partial charge in [-0.05, 0) is 36.8 Å². The molecular weight excluding hydrogens is 371 g/mol. The predicted octanol–water partition coefficient (Wildman–Crippen LogP) is 4.08. The smallest absolute Gasteiger partial charge is 0.274 e. The van der Waals surface area contributed by atoms with Crippen LogP contribution in [0, 0.1) is 12.7 Å². The standard InChI is InChI=1S/C22H19FN4O2/c1-15-9-10-17(14-18(15)23)21(28)24-11-13-27-12-5-8-19(27)22-25-20(26-29-22)16-6-3-2-4-7-16/h2-10,12,14H,11,13H2,1H3,(H,24,28). The topological polar surface area (TPSA) is 73.0 Å². The van der Waals surface area contributed by atoms with Crippen LogP contribution in [0.25, 0.3) is 23.0 Å². The number of nitrogens with one attached hydrogen (secondary N) is 1. The molecule has 0 aliphatic rings. The Labute approximate surface area is 167 Å². The van der Waals surface area contributed by atoms with E-state index in [4.69, 9.17) is 4.52 Å². The number of carbonyl (C=O) groups excluding carboxylic acids is 1. The second-order valence-electron chi connectivity index (χ2n) is 6.60. The molecule has 146 valence electrons. The summed E-state index contributed by atoms with van der Waals surface area (Å²) >= 11 is 0. The van der Waals surface area contributed by atoms with Crippen LogP contribution >= 0.6 is 0 Å². The third-order valence-corrected chi connectivity index (χ3v) is 4.58. The molecule has 0 spiro atoms. The minimum Gasteiger partial charge on any atom is -0.350 e. The molecular formula is C22H19FN4O2. The Hall–Kier alpha value is -3.74. The van der Waals surface area contributed by atoms with Crippen LogP contribution in [0.2, 0.25) is 0 Å². The average Bonchev–Trinajstić information content (AvgIpc) is 3.40. The molecule has 2 aromatic heterocycles. The van der Waals surface area contributed by atoms with Gasteiger partial charge >= 0.3 is 0 Å². The van der Waals surface area contributed by atoms with Crippen LogP contribution in [-0.2, 0) is 6.54 Å². The highest BCUT2D eigenvalue weighted by Crippen LogP contribution is 2.22. The number of rotatable bonds is 6. The number of carbonyl (C=O) groups is 1. The van der Waals surface area contributed by atoms with Gasteiger partial charge in [-0.15, -0.1) is 0 Å². The van der Waals surface area contributed by atoms with Crippen molar-refractivity contribution in [3.05, 3.63) is 83.8 Å². The molecule has 29 heavy (non-hydrogen) atoms. The molecule has 4 aromatic rings. The van der Waals surface area contributed by atoms with Gasteiger partial charge in [-0.1, -0.05) is 41.6 Å². The number of aromatic nitrogens is 3. The van der Waals surface area contributed by atoms with Crippen molar-refractivity contribution in [2.45, 2.75) is 13.5 Å². The van der Waals surface area contributed by atoms with Crippen molar-refractivity contribution in [2.75, 3.05) is 6.54 Å². The Morgan fingerprint density at radius 2 is 1.97 bits per heavy atom. The zero-order valence-corrected chi connectivity index (χ0v) is 15.8. The van der Waals surface area contributed by atoms with E-state index in [2.05, 4.69) is 15.5 Å². The SMILES string of the molecule is Cc1ccc(C(=O)NCCn2cccc2-c2nc(-c3ccccc3)no2)cc1F. The van der Waals surface area contributed by atoms with Crippen LogP contribution < -0.4 is 5.32 Å². The highest BCUT2D eigenvalue weighted by atomic mass is 19.1. The Kier molecular flexibility index (Phi) is 5.20. The fourth-order valence-corrected chi connectivity index (χ4v) is 2.96. The number of hydrogen-bond donors (Lipinski definition) is 1. The summed E-state index contributed by atoms with van der Waals surface area (Å²) in [6, 6.07) is 17.8. The number of benzene rings is 2. The van der Waals surface area contributed by atoms with Gasteiger partial charge in [0.15, 0.2) is 0 Å². The van der Waals surface area contributed by atoms with Gasteiger partial charge in [-0.25, -0.2) is 4.39 Å². The highest BCUT2D eigenvalue weighted by molar-refractivity contribution is 5.94. The minimum atomic E-state index is -0.393. The third-order valence-electron chi connectivity index (χ3n) is 4.58. The molecule has 0 saturated carbocycles. The zero-order valence-electron chi connectivity index (χ0n) is 15.8.